The second-order valence-corrected chi connectivity index (χ2v) is 7.54. The Morgan fingerprint density at radius 1 is 0.708 bits per heavy atom. The third kappa shape index (κ3) is 3.58. The molecule has 0 heteroatoms. The van der Waals surface area contributed by atoms with E-state index in [1.54, 1.807) is 11.1 Å². The van der Waals surface area contributed by atoms with Crippen molar-refractivity contribution in [3.8, 4) is 0 Å². The van der Waals surface area contributed by atoms with Crippen LogP contribution in [0.5, 0.6) is 0 Å². The molecule has 2 aromatic carbocycles. The first-order chi connectivity index (χ1) is 11.8. The summed E-state index contributed by atoms with van der Waals surface area (Å²) in [5, 5.41) is 0. The molecule has 0 nitrogen and oxygen atoms in total. The van der Waals surface area contributed by atoms with Crippen LogP contribution in [0.4, 0.5) is 0 Å². The van der Waals surface area contributed by atoms with Crippen molar-refractivity contribution >= 4 is 0 Å². The van der Waals surface area contributed by atoms with Gasteiger partial charge in [0.15, 0.2) is 0 Å². The van der Waals surface area contributed by atoms with Crippen molar-refractivity contribution in [3.63, 3.8) is 0 Å². The Balaban J connectivity index is 2.04. The number of aryl methyl sites for hydroxylation is 2. The Morgan fingerprint density at radius 3 is 1.67 bits per heavy atom. The number of rotatable bonds is 6. The van der Waals surface area contributed by atoms with Crippen molar-refractivity contribution in [1.29, 1.82) is 0 Å². The van der Waals surface area contributed by atoms with E-state index in [0.29, 0.717) is 0 Å². The van der Waals surface area contributed by atoms with Crippen LogP contribution < -0.4 is 0 Å². The van der Waals surface area contributed by atoms with E-state index >= 15 is 0 Å². The molecule has 0 spiro atoms. The molecular formula is C24H32. The Hall–Kier alpha value is -1.56. The van der Waals surface area contributed by atoms with E-state index in [4.69, 9.17) is 0 Å². The van der Waals surface area contributed by atoms with Crippen LogP contribution in [0.1, 0.15) is 81.0 Å². The maximum absolute atomic E-state index is 2.50. The second kappa shape index (κ2) is 8.01. The molecule has 0 heterocycles. The predicted molar refractivity (Wildman–Crippen MR) is 105 cm³/mol. The summed E-state index contributed by atoms with van der Waals surface area (Å²) in [4.78, 5) is 0. The van der Waals surface area contributed by atoms with Gasteiger partial charge in [0, 0.05) is 5.41 Å². The van der Waals surface area contributed by atoms with Crippen molar-refractivity contribution in [2.45, 2.75) is 77.0 Å². The SMILES string of the molecule is CCCc1cccc(C2(c3cccc(CCC)c3)CCCCC2)c1. The minimum Gasteiger partial charge on any atom is -0.0651 e. The average molecular weight is 321 g/mol. The fraction of sp³-hybridized carbons (Fsp3) is 0.500. The van der Waals surface area contributed by atoms with E-state index in [9.17, 15) is 0 Å². The second-order valence-electron chi connectivity index (χ2n) is 7.54. The van der Waals surface area contributed by atoms with Gasteiger partial charge in [-0.15, -0.1) is 0 Å². The van der Waals surface area contributed by atoms with E-state index in [1.807, 2.05) is 0 Å². The maximum Gasteiger partial charge on any atom is 0.0203 e. The summed E-state index contributed by atoms with van der Waals surface area (Å²) in [6.45, 7) is 4.55. The molecule has 0 saturated heterocycles. The molecule has 1 fully saturated rings. The van der Waals surface area contributed by atoms with Crippen LogP contribution in [-0.2, 0) is 18.3 Å². The molecule has 24 heavy (non-hydrogen) atoms. The van der Waals surface area contributed by atoms with Crippen molar-refractivity contribution in [2.24, 2.45) is 0 Å². The molecule has 1 saturated carbocycles. The van der Waals surface area contributed by atoms with Crippen molar-refractivity contribution in [2.75, 3.05) is 0 Å². The Labute approximate surface area is 148 Å². The minimum absolute atomic E-state index is 0.242. The first-order valence-corrected chi connectivity index (χ1v) is 9.97. The molecule has 2 aromatic rings. The summed E-state index contributed by atoms with van der Waals surface area (Å²) in [5.74, 6) is 0. The third-order valence-corrected chi connectivity index (χ3v) is 5.74. The zero-order valence-corrected chi connectivity index (χ0v) is 15.5. The van der Waals surface area contributed by atoms with Crippen molar-refractivity contribution < 1.29 is 0 Å². The van der Waals surface area contributed by atoms with Gasteiger partial charge in [0.25, 0.3) is 0 Å². The molecule has 0 amide bonds. The highest BCUT2D eigenvalue weighted by Crippen LogP contribution is 2.45. The zero-order valence-electron chi connectivity index (χ0n) is 15.5. The Morgan fingerprint density at radius 2 is 1.21 bits per heavy atom. The van der Waals surface area contributed by atoms with Crippen LogP contribution in [-0.4, -0.2) is 0 Å². The van der Waals surface area contributed by atoms with Gasteiger partial charge in [-0.25, -0.2) is 0 Å². The third-order valence-electron chi connectivity index (χ3n) is 5.74. The molecule has 0 bridgehead atoms. The first-order valence-electron chi connectivity index (χ1n) is 9.97. The Bertz CT molecular complexity index is 595. The van der Waals surface area contributed by atoms with Gasteiger partial charge in [-0.1, -0.05) is 94.5 Å². The quantitative estimate of drug-likeness (QED) is 0.546. The van der Waals surface area contributed by atoms with Gasteiger partial charge in [-0.2, -0.15) is 0 Å². The molecule has 0 N–H and O–H groups in total. The summed E-state index contributed by atoms with van der Waals surface area (Å²) in [6, 6.07) is 18.9. The van der Waals surface area contributed by atoms with Crippen LogP contribution in [0.15, 0.2) is 48.5 Å². The predicted octanol–water partition coefficient (Wildman–Crippen LogP) is 6.84. The van der Waals surface area contributed by atoms with E-state index in [-0.39, 0.29) is 5.41 Å². The molecule has 1 aliphatic rings. The first kappa shape index (κ1) is 17.3. The van der Waals surface area contributed by atoms with Crippen LogP contribution >= 0.6 is 0 Å². The molecule has 3 rings (SSSR count). The zero-order chi connectivity index (χ0) is 16.8. The highest BCUT2D eigenvalue weighted by Gasteiger charge is 2.35. The summed E-state index contributed by atoms with van der Waals surface area (Å²) in [6.07, 6.45) is 11.6. The lowest BCUT2D eigenvalue weighted by Gasteiger charge is -2.39. The average Bonchev–Trinajstić information content (AvgIpc) is 2.63. The molecule has 0 aliphatic heterocycles. The van der Waals surface area contributed by atoms with Crippen molar-refractivity contribution in [3.05, 3.63) is 70.8 Å². The fourth-order valence-corrected chi connectivity index (χ4v) is 4.53. The maximum atomic E-state index is 2.50. The topological polar surface area (TPSA) is 0 Å². The van der Waals surface area contributed by atoms with Gasteiger partial charge in [-0.05, 0) is 47.9 Å². The summed E-state index contributed by atoms with van der Waals surface area (Å²) in [7, 11) is 0. The molecule has 0 unspecified atom stereocenters. The smallest absolute Gasteiger partial charge is 0.0203 e. The lowest BCUT2D eigenvalue weighted by Crippen LogP contribution is -2.30. The minimum atomic E-state index is 0.242. The van der Waals surface area contributed by atoms with E-state index in [0.717, 1.165) is 0 Å². The van der Waals surface area contributed by atoms with E-state index < -0.39 is 0 Å². The summed E-state index contributed by atoms with van der Waals surface area (Å²) >= 11 is 0. The molecule has 0 aromatic heterocycles. The number of hydrogen-bond donors (Lipinski definition) is 0. The van der Waals surface area contributed by atoms with Gasteiger partial charge >= 0.3 is 0 Å². The lowest BCUT2D eigenvalue weighted by atomic mass is 9.65. The summed E-state index contributed by atoms with van der Waals surface area (Å²) < 4.78 is 0. The standard InChI is InChI=1S/C24H32/c1-3-10-20-12-8-14-22(18-20)24(16-6-5-7-17-24)23-15-9-13-21(19-23)11-4-2/h8-9,12-15,18-19H,3-7,10-11,16-17H2,1-2H3. The highest BCUT2D eigenvalue weighted by molar-refractivity contribution is 5.43. The van der Waals surface area contributed by atoms with Gasteiger partial charge in [-0.3, -0.25) is 0 Å². The van der Waals surface area contributed by atoms with Gasteiger partial charge in [0.2, 0.25) is 0 Å². The normalized spacial score (nSPS) is 16.9. The fourth-order valence-electron chi connectivity index (χ4n) is 4.53. The van der Waals surface area contributed by atoms with Crippen LogP contribution in [0, 0.1) is 0 Å². The van der Waals surface area contributed by atoms with Crippen LogP contribution in [0.2, 0.25) is 0 Å². The van der Waals surface area contributed by atoms with E-state index in [1.165, 1.54) is 68.9 Å². The molecule has 0 radical (unpaired) electrons. The lowest BCUT2D eigenvalue weighted by molar-refractivity contribution is 0.345. The van der Waals surface area contributed by atoms with Crippen molar-refractivity contribution in [1.82, 2.24) is 0 Å². The van der Waals surface area contributed by atoms with Gasteiger partial charge in [0.05, 0.1) is 0 Å². The number of hydrogen-bond acceptors (Lipinski definition) is 0. The molecule has 1 aliphatic carbocycles. The van der Waals surface area contributed by atoms with Crippen LogP contribution in [0.25, 0.3) is 0 Å². The van der Waals surface area contributed by atoms with Crippen LogP contribution in [0.3, 0.4) is 0 Å². The molecule has 128 valence electrons. The summed E-state index contributed by atoms with van der Waals surface area (Å²) in [5.41, 5.74) is 6.36. The van der Waals surface area contributed by atoms with Gasteiger partial charge in [0.1, 0.15) is 0 Å². The monoisotopic (exact) mass is 320 g/mol. The highest BCUT2D eigenvalue weighted by atomic mass is 14.4. The Kier molecular flexibility index (Phi) is 5.76. The largest absolute Gasteiger partial charge is 0.0651 e. The molecular weight excluding hydrogens is 288 g/mol. The molecule has 0 atom stereocenters. The van der Waals surface area contributed by atoms with E-state index in [2.05, 4.69) is 62.4 Å². The van der Waals surface area contributed by atoms with Gasteiger partial charge < -0.3 is 0 Å². The number of benzene rings is 2.